The number of para-hydroxylation sites is 1. The molecule has 1 saturated heterocycles. The van der Waals surface area contributed by atoms with Gasteiger partial charge in [0, 0.05) is 18.2 Å². The fraction of sp³-hybridized carbons (Fsp3) is 0.240. The maximum atomic E-state index is 13.3. The second-order valence-corrected chi connectivity index (χ2v) is 9.53. The van der Waals surface area contributed by atoms with E-state index in [1.54, 1.807) is 30.3 Å². The molecule has 13 heteroatoms. The van der Waals surface area contributed by atoms with Crippen LogP contribution in [0, 0.1) is 0 Å². The van der Waals surface area contributed by atoms with Crippen LogP contribution < -0.4 is 10.6 Å². The number of nitrogens with one attached hydrogen (secondary N) is 2. The van der Waals surface area contributed by atoms with Crippen molar-refractivity contribution in [1.29, 1.82) is 0 Å². The molecule has 3 atom stereocenters. The molecule has 4 rings (SSSR count). The average molecular weight is 542 g/mol. The third-order valence-electron chi connectivity index (χ3n) is 5.93. The minimum Gasteiger partial charge on any atom is -0.504 e. The first kappa shape index (κ1) is 26.5. The van der Waals surface area contributed by atoms with Gasteiger partial charge < -0.3 is 30.7 Å². The molecule has 5 N–H and O–H groups in total. The Balaban J connectivity index is 1.54. The van der Waals surface area contributed by atoms with Crippen molar-refractivity contribution in [3.05, 3.63) is 70.9 Å². The fourth-order valence-corrected chi connectivity index (χ4v) is 5.42. The normalized spacial score (nSPS) is 19.1. The summed E-state index contributed by atoms with van der Waals surface area (Å²) in [6.45, 7) is 0.908. The van der Waals surface area contributed by atoms with E-state index < -0.39 is 58.6 Å². The maximum absolute atomic E-state index is 13.3. The number of esters is 1. The minimum atomic E-state index is -1.36. The molecule has 2 aromatic carbocycles. The smallest absolute Gasteiger partial charge is 0.352 e. The minimum absolute atomic E-state index is 0.158. The van der Waals surface area contributed by atoms with Crippen molar-refractivity contribution < 1.29 is 44.0 Å². The molecule has 1 fully saturated rings. The molecule has 12 nitrogen and oxygen atoms in total. The van der Waals surface area contributed by atoms with Crippen LogP contribution in [0.5, 0.6) is 11.5 Å². The highest BCUT2D eigenvalue weighted by atomic mass is 32.2. The quantitative estimate of drug-likeness (QED) is 0.183. The molecule has 0 bridgehead atoms. The van der Waals surface area contributed by atoms with Crippen molar-refractivity contribution in [2.24, 2.45) is 0 Å². The number of thioether (sulfide) groups is 1. The number of carbonyl (C=O) groups excluding carboxylic acids is 4. The van der Waals surface area contributed by atoms with Gasteiger partial charge in [-0.15, -0.1) is 11.8 Å². The zero-order valence-corrected chi connectivity index (χ0v) is 20.7. The van der Waals surface area contributed by atoms with Crippen LogP contribution in [0.3, 0.4) is 0 Å². The highest BCUT2D eigenvalue weighted by Gasteiger charge is 2.54. The van der Waals surface area contributed by atoms with Crippen molar-refractivity contribution in [2.45, 2.75) is 24.4 Å². The summed E-state index contributed by atoms with van der Waals surface area (Å²) in [4.78, 5) is 63.3. The van der Waals surface area contributed by atoms with Gasteiger partial charge in [0.1, 0.15) is 29.8 Å². The molecule has 198 valence electrons. The Hall–Kier alpha value is -4.52. The van der Waals surface area contributed by atoms with Crippen molar-refractivity contribution in [1.82, 2.24) is 15.5 Å². The zero-order valence-electron chi connectivity index (χ0n) is 19.9. The van der Waals surface area contributed by atoms with Crippen LogP contribution in [-0.4, -0.2) is 73.7 Å². The second-order valence-electron chi connectivity index (χ2n) is 8.42. The molecular formula is C25H23N3O9S. The molecule has 2 aliphatic heterocycles. The van der Waals surface area contributed by atoms with Gasteiger partial charge >= 0.3 is 11.9 Å². The number of carboxylic acids is 1. The van der Waals surface area contributed by atoms with Crippen LogP contribution in [-0.2, 0) is 23.9 Å². The van der Waals surface area contributed by atoms with E-state index in [1.807, 2.05) is 0 Å². The van der Waals surface area contributed by atoms with E-state index in [0.717, 1.165) is 4.90 Å². The van der Waals surface area contributed by atoms with Crippen LogP contribution in [0.2, 0.25) is 0 Å². The van der Waals surface area contributed by atoms with Gasteiger partial charge in [-0.25, -0.2) is 4.79 Å². The summed E-state index contributed by atoms with van der Waals surface area (Å²) in [5, 5.41) is 33.9. The van der Waals surface area contributed by atoms with Gasteiger partial charge in [0.25, 0.3) is 11.8 Å². The van der Waals surface area contributed by atoms with E-state index >= 15 is 0 Å². The molecule has 0 aliphatic carbocycles. The Labute approximate surface area is 220 Å². The maximum Gasteiger partial charge on any atom is 0.352 e. The molecule has 0 spiro atoms. The van der Waals surface area contributed by atoms with Gasteiger partial charge in [-0.1, -0.05) is 36.4 Å². The molecule has 2 aliphatic rings. The number of aromatic hydroxyl groups is 2. The van der Waals surface area contributed by atoms with Crippen LogP contribution in [0.1, 0.15) is 28.9 Å². The van der Waals surface area contributed by atoms with E-state index in [9.17, 15) is 39.3 Å². The first-order valence-electron chi connectivity index (χ1n) is 11.3. The van der Waals surface area contributed by atoms with Crippen molar-refractivity contribution >= 4 is 41.4 Å². The molecular weight excluding hydrogens is 518 g/mol. The number of hydrogen-bond acceptors (Lipinski definition) is 9. The summed E-state index contributed by atoms with van der Waals surface area (Å²) in [5.74, 6) is -5.22. The fourth-order valence-electron chi connectivity index (χ4n) is 4.09. The number of phenolic OH excluding ortho intramolecular Hbond substituents is 2. The van der Waals surface area contributed by atoms with E-state index in [-0.39, 0.29) is 29.2 Å². The number of nitrogens with zero attached hydrogens (tertiary/aromatic N) is 1. The summed E-state index contributed by atoms with van der Waals surface area (Å²) in [6.07, 6.45) is 0. The largest absolute Gasteiger partial charge is 0.504 e. The Kier molecular flexibility index (Phi) is 7.57. The number of β-lactam (4-membered cyclic amide) rings is 1. The summed E-state index contributed by atoms with van der Waals surface area (Å²) >= 11 is 1.20. The number of aliphatic carboxylic acids is 1. The molecule has 0 aromatic heterocycles. The van der Waals surface area contributed by atoms with Gasteiger partial charge in [0.05, 0.1) is 5.56 Å². The molecule has 38 heavy (non-hydrogen) atoms. The highest BCUT2D eigenvalue weighted by molar-refractivity contribution is 8.00. The number of amides is 3. The van der Waals surface area contributed by atoms with Gasteiger partial charge in [-0.05, 0) is 17.7 Å². The van der Waals surface area contributed by atoms with Crippen LogP contribution >= 0.6 is 11.8 Å². The van der Waals surface area contributed by atoms with E-state index in [4.69, 9.17) is 4.74 Å². The average Bonchev–Trinajstić information content (AvgIpc) is 2.90. The summed E-state index contributed by atoms with van der Waals surface area (Å²) in [7, 11) is 0. The van der Waals surface area contributed by atoms with Crippen molar-refractivity contribution in [3.8, 4) is 11.5 Å². The predicted octanol–water partition coefficient (Wildman–Crippen LogP) is 0.871. The molecule has 2 heterocycles. The third kappa shape index (κ3) is 5.13. The SMILES string of the molecule is CC(=O)OCC1=C(C(=O)O)N2C(=O)C(NC(=O)C(NC(=O)c3cccc(O)c3O)c3ccccc3)[C@H]2SC1. The molecule has 0 radical (unpaired) electrons. The summed E-state index contributed by atoms with van der Waals surface area (Å²) in [6, 6.07) is 9.64. The summed E-state index contributed by atoms with van der Waals surface area (Å²) < 4.78 is 4.91. The molecule has 0 saturated carbocycles. The van der Waals surface area contributed by atoms with Crippen LogP contribution in [0.15, 0.2) is 59.8 Å². The summed E-state index contributed by atoms with van der Waals surface area (Å²) in [5.41, 5.74) is 0.0851. The Morgan fingerprint density at radius 2 is 1.82 bits per heavy atom. The van der Waals surface area contributed by atoms with Gasteiger partial charge in [-0.3, -0.25) is 24.1 Å². The lowest BCUT2D eigenvalue weighted by atomic mass is 10.0. The first-order chi connectivity index (χ1) is 18.1. The highest BCUT2D eigenvalue weighted by Crippen LogP contribution is 2.40. The van der Waals surface area contributed by atoms with Gasteiger partial charge in [-0.2, -0.15) is 0 Å². The van der Waals surface area contributed by atoms with Crippen LogP contribution in [0.25, 0.3) is 0 Å². The standard InChI is InChI=1S/C25H23N3O9S/c1-12(29)37-10-14-11-38-24-18(23(34)28(24)19(14)25(35)36)27-22(33)17(13-6-3-2-4-7-13)26-21(32)15-8-5-9-16(30)20(15)31/h2-9,17-18,24,30-31H,10-11H2,1H3,(H,26,32)(H,27,33)(H,35,36)/t17?,18?,24-/m1/s1. The third-order valence-corrected chi connectivity index (χ3v) is 7.27. The Morgan fingerprint density at radius 3 is 2.47 bits per heavy atom. The lowest BCUT2D eigenvalue weighted by Crippen LogP contribution is -2.71. The number of carboxylic acid groups (broad SMARTS) is 1. The van der Waals surface area contributed by atoms with Crippen molar-refractivity contribution in [3.63, 3.8) is 0 Å². The van der Waals surface area contributed by atoms with Crippen LogP contribution in [0.4, 0.5) is 0 Å². The Morgan fingerprint density at radius 1 is 1.11 bits per heavy atom. The van der Waals surface area contributed by atoms with Gasteiger partial charge in [0.2, 0.25) is 5.91 Å². The van der Waals surface area contributed by atoms with E-state index in [1.165, 1.54) is 36.9 Å². The second kappa shape index (κ2) is 10.8. The lowest BCUT2D eigenvalue weighted by molar-refractivity contribution is -0.151. The number of phenols is 2. The Bertz CT molecular complexity index is 1340. The van der Waals surface area contributed by atoms with E-state index in [0.29, 0.717) is 5.56 Å². The molecule has 2 unspecified atom stereocenters. The molecule has 2 aromatic rings. The topological polar surface area (TPSA) is 183 Å². The number of rotatable bonds is 8. The first-order valence-corrected chi connectivity index (χ1v) is 12.4. The lowest BCUT2D eigenvalue weighted by Gasteiger charge is -2.49. The number of benzene rings is 2. The number of hydrogen-bond donors (Lipinski definition) is 5. The number of carbonyl (C=O) groups is 5. The predicted molar refractivity (Wildman–Crippen MR) is 133 cm³/mol. The molecule has 3 amide bonds. The zero-order chi connectivity index (χ0) is 27.6. The monoisotopic (exact) mass is 541 g/mol. The number of fused-ring (bicyclic) bond motifs is 1. The number of ether oxygens (including phenoxy) is 1. The van der Waals surface area contributed by atoms with Gasteiger partial charge in [0.15, 0.2) is 11.5 Å². The van der Waals surface area contributed by atoms with E-state index in [2.05, 4.69) is 10.6 Å². The van der Waals surface area contributed by atoms with Crippen molar-refractivity contribution in [2.75, 3.05) is 12.4 Å².